The van der Waals surface area contributed by atoms with E-state index in [0.29, 0.717) is 6.04 Å². The number of hydrogen-bond acceptors (Lipinski definition) is 3. The van der Waals surface area contributed by atoms with Crippen molar-refractivity contribution in [2.24, 2.45) is 0 Å². The van der Waals surface area contributed by atoms with Gasteiger partial charge >= 0.3 is 0 Å². The summed E-state index contributed by atoms with van der Waals surface area (Å²) in [7, 11) is 0. The van der Waals surface area contributed by atoms with Gasteiger partial charge in [-0.15, -0.1) is 0 Å². The van der Waals surface area contributed by atoms with Gasteiger partial charge < -0.3 is 9.88 Å². The van der Waals surface area contributed by atoms with Crippen molar-refractivity contribution in [2.75, 3.05) is 13.1 Å². The van der Waals surface area contributed by atoms with Gasteiger partial charge in [0.25, 0.3) is 0 Å². The third-order valence-electron chi connectivity index (χ3n) is 3.29. The fourth-order valence-corrected chi connectivity index (χ4v) is 2.41. The number of rotatable bonds is 2. The smallest absolute Gasteiger partial charge is 0.141 e. The topological polar surface area (TPSA) is 42.7 Å². The van der Waals surface area contributed by atoms with Crippen LogP contribution in [0.3, 0.4) is 0 Å². The van der Waals surface area contributed by atoms with Gasteiger partial charge in [-0.1, -0.05) is 0 Å². The van der Waals surface area contributed by atoms with Crippen molar-refractivity contribution in [3.05, 3.63) is 36.9 Å². The van der Waals surface area contributed by atoms with Crippen LogP contribution in [0.1, 0.15) is 18.9 Å². The van der Waals surface area contributed by atoms with Crippen molar-refractivity contribution in [1.29, 1.82) is 0 Å². The number of nitrogens with zero attached hydrogens (tertiary/aromatic N) is 3. The van der Waals surface area contributed by atoms with Gasteiger partial charge in [0.1, 0.15) is 5.82 Å². The molecule has 1 aliphatic heterocycles. The van der Waals surface area contributed by atoms with Crippen LogP contribution in [-0.2, 0) is 0 Å². The number of pyridine rings is 1. The highest BCUT2D eigenvalue weighted by molar-refractivity contribution is 5.53. The van der Waals surface area contributed by atoms with Gasteiger partial charge in [0.15, 0.2) is 0 Å². The summed E-state index contributed by atoms with van der Waals surface area (Å²) in [6, 6.07) is 4.58. The molecule has 1 N–H and O–H groups in total. The highest BCUT2D eigenvalue weighted by Gasteiger charge is 2.17. The molecule has 0 aliphatic carbocycles. The molecule has 0 radical (unpaired) electrons. The highest BCUT2D eigenvalue weighted by Crippen LogP contribution is 2.25. The number of imidazole rings is 1. The molecular formula is C13H16N4. The van der Waals surface area contributed by atoms with Gasteiger partial charge in [0, 0.05) is 36.4 Å². The maximum atomic E-state index is 4.46. The molecule has 3 heterocycles. The zero-order valence-corrected chi connectivity index (χ0v) is 9.71. The molecule has 0 saturated carbocycles. The summed E-state index contributed by atoms with van der Waals surface area (Å²) in [5.41, 5.74) is 1.09. The number of aromatic nitrogens is 3. The molecule has 4 nitrogen and oxygen atoms in total. The molecule has 17 heavy (non-hydrogen) atoms. The second-order valence-corrected chi connectivity index (χ2v) is 4.38. The lowest BCUT2D eigenvalue weighted by Crippen LogP contribution is -2.29. The van der Waals surface area contributed by atoms with Crippen LogP contribution in [-0.4, -0.2) is 27.6 Å². The highest BCUT2D eigenvalue weighted by atomic mass is 15.1. The summed E-state index contributed by atoms with van der Waals surface area (Å²) in [6.45, 7) is 2.19. The lowest BCUT2D eigenvalue weighted by Gasteiger charge is -2.25. The van der Waals surface area contributed by atoms with E-state index in [2.05, 4.69) is 32.1 Å². The number of hydrogen-bond donors (Lipinski definition) is 1. The van der Waals surface area contributed by atoms with E-state index in [9.17, 15) is 0 Å². The minimum atomic E-state index is 0.564. The Balaban J connectivity index is 1.93. The van der Waals surface area contributed by atoms with Crippen LogP contribution in [0.4, 0.5) is 0 Å². The largest absolute Gasteiger partial charge is 0.328 e. The van der Waals surface area contributed by atoms with E-state index in [0.717, 1.165) is 24.5 Å². The van der Waals surface area contributed by atoms with E-state index >= 15 is 0 Å². The first kappa shape index (κ1) is 10.5. The molecular weight excluding hydrogens is 212 g/mol. The molecule has 1 saturated heterocycles. The van der Waals surface area contributed by atoms with Gasteiger partial charge in [0.05, 0.1) is 0 Å². The van der Waals surface area contributed by atoms with E-state index in [1.807, 2.05) is 18.5 Å². The number of piperidine rings is 1. The molecule has 0 unspecified atom stereocenters. The molecule has 1 fully saturated rings. The third kappa shape index (κ3) is 2.08. The molecule has 1 aliphatic rings. The Morgan fingerprint density at radius 2 is 2.12 bits per heavy atom. The van der Waals surface area contributed by atoms with Crippen LogP contribution in [0.15, 0.2) is 36.9 Å². The van der Waals surface area contributed by atoms with E-state index < -0.39 is 0 Å². The Labute approximate surface area is 101 Å². The van der Waals surface area contributed by atoms with Crippen molar-refractivity contribution < 1.29 is 0 Å². The number of nitrogens with one attached hydrogen (secondary N) is 1. The van der Waals surface area contributed by atoms with Crippen LogP contribution in [0.2, 0.25) is 0 Å². The quantitative estimate of drug-likeness (QED) is 0.853. The fourth-order valence-electron chi connectivity index (χ4n) is 2.41. The maximum absolute atomic E-state index is 4.46. The van der Waals surface area contributed by atoms with Gasteiger partial charge in [-0.3, -0.25) is 4.98 Å². The minimum absolute atomic E-state index is 0.564. The molecule has 3 rings (SSSR count). The van der Waals surface area contributed by atoms with Crippen molar-refractivity contribution in [2.45, 2.75) is 18.9 Å². The van der Waals surface area contributed by atoms with Crippen molar-refractivity contribution in [3.8, 4) is 11.4 Å². The van der Waals surface area contributed by atoms with E-state index in [-0.39, 0.29) is 0 Å². The van der Waals surface area contributed by atoms with Crippen LogP contribution in [0, 0.1) is 0 Å². The Kier molecular flexibility index (Phi) is 2.88. The second kappa shape index (κ2) is 4.67. The van der Waals surface area contributed by atoms with Crippen LogP contribution in [0.25, 0.3) is 11.4 Å². The molecule has 2 aromatic heterocycles. The average Bonchev–Trinajstić information content (AvgIpc) is 2.90. The molecule has 0 bridgehead atoms. The first-order valence-electron chi connectivity index (χ1n) is 6.09. The van der Waals surface area contributed by atoms with Gasteiger partial charge in [-0.25, -0.2) is 4.98 Å². The fraction of sp³-hybridized carbons (Fsp3) is 0.385. The lowest BCUT2D eigenvalue weighted by atomic mass is 10.1. The van der Waals surface area contributed by atoms with Crippen molar-refractivity contribution in [3.63, 3.8) is 0 Å². The van der Waals surface area contributed by atoms with Gasteiger partial charge in [0.2, 0.25) is 0 Å². The Morgan fingerprint density at radius 1 is 1.24 bits per heavy atom. The summed E-state index contributed by atoms with van der Waals surface area (Å²) in [6.07, 6.45) is 9.97. The first-order valence-corrected chi connectivity index (χ1v) is 6.09. The molecule has 0 aromatic carbocycles. The lowest BCUT2D eigenvalue weighted by molar-refractivity contribution is 0.370. The summed E-state index contributed by atoms with van der Waals surface area (Å²) < 4.78 is 2.29. The Bertz CT molecular complexity index is 471. The van der Waals surface area contributed by atoms with Crippen LogP contribution in [0.5, 0.6) is 0 Å². The standard InChI is InChI=1S/C13H16N4/c1-2-11(10-15-5-1)13-16-8-9-17(13)12-3-6-14-7-4-12/h1-2,5,8-10,12,14H,3-4,6-7H2. The third-order valence-corrected chi connectivity index (χ3v) is 3.29. The minimum Gasteiger partial charge on any atom is -0.328 e. The van der Waals surface area contributed by atoms with Crippen molar-refractivity contribution >= 4 is 0 Å². The normalized spacial score (nSPS) is 17.2. The molecule has 0 atom stereocenters. The molecule has 4 heteroatoms. The van der Waals surface area contributed by atoms with Gasteiger partial charge in [-0.2, -0.15) is 0 Å². The summed E-state index contributed by atoms with van der Waals surface area (Å²) in [5, 5.41) is 3.39. The van der Waals surface area contributed by atoms with Gasteiger partial charge in [-0.05, 0) is 38.1 Å². The average molecular weight is 228 g/mol. The van der Waals surface area contributed by atoms with Crippen LogP contribution >= 0.6 is 0 Å². The zero-order chi connectivity index (χ0) is 11.5. The maximum Gasteiger partial charge on any atom is 0.141 e. The van der Waals surface area contributed by atoms with E-state index in [1.165, 1.54) is 12.8 Å². The van der Waals surface area contributed by atoms with E-state index in [4.69, 9.17) is 0 Å². The summed E-state index contributed by atoms with van der Waals surface area (Å²) >= 11 is 0. The SMILES string of the molecule is c1cncc(-c2nccn2C2CCNCC2)c1. The zero-order valence-electron chi connectivity index (χ0n) is 9.71. The molecule has 0 spiro atoms. The predicted octanol–water partition coefficient (Wildman–Crippen LogP) is 1.87. The first-order chi connectivity index (χ1) is 8.45. The predicted molar refractivity (Wildman–Crippen MR) is 66.6 cm³/mol. The summed E-state index contributed by atoms with van der Waals surface area (Å²) in [5.74, 6) is 1.03. The second-order valence-electron chi connectivity index (χ2n) is 4.38. The molecule has 2 aromatic rings. The summed E-state index contributed by atoms with van der Waals surface area (Å²) in [4.78, 5) is 8.63. The van der Waals surface area contributed by atoms with E-state index in [1.54, 1.807) is 6.20 Å². The molecule has 0 amide bonds. The van der Waals surface area contributed by atoms with Crippen LogP contribution < -0.4 is 5.32 Å². The Morgan fingerprint density at radius 3 is 2.88 bits per heavy atom. The monoisotopic (exact) mass is 228 g/mol. The molecule has 88 valence electrons. The van der Waals surface area contributed by atoms with Crippen molar-refractivity contribution in [1.82, 2.24) is 19.9 Å². The Hall–Kier alpha value is -1.68.